The number of hydrogen-bond donors (Lipinski definition) is 1. The largest absolute Gasteiger partial charge is 0.491 e. The highest BCUT2D eigenvalue weighted by atomic mass is 35.5. The monoisotopic (exact) mass is 229 g/mol. The van der Waals surface area contributed by atoms with Gasteiger partial charge >= 0.3 is 0 Å². The summed E-state index contributed by atoms with van der Waals surface area (Å²) in [6.45, 7) is 3.52. The molecule has 0 fully saturated rings. The van der Waals surface area contributed by atoms with Gasteiger partial charge in [-0.15, -0.1) is 0 Å². The fraction of sp³-hybridized carbons (Fsp3) is 0.455. The molecule has 1 rings (SSSR count). The molecule has 4 heteroatoms. The van der Waals surface area contributed by atoms with E-state index in [-0.39, 0.29) is 6.10 Å². The smallest absolute Gasteiger partial charge is 0.119 e. The standard InChI is InChI=1S/C11H16ClNO2/c1-9(8-13)14-6-7-15-11-4-2-10(12)3-5-11/h2-5,9H,6-8,13H2,1H3. The Morgan fingerprint density at radius 1 is 1.27 bits per heavy atom. The first-order valence-electron chi connectivity index (χ1n) is 4.92. The molecule has 0 amide bonds. The molecule has 3 nitrogen and oxygen atoms in total. The van der Waals surface area contributed by atoms with Crippen LogP contribution in [-0.4, -0.2) is 25.9 Å². The Morgan fingerprint density at radius 2 is 1.93 bits per heavy atom. The molecule has 0 aliphatic carbocycles. The summed E-state index contributed by atoms with van der Waals surface area (Å²) in [4.78, 5) is 0. The van der Waals surface area contributed by atoms with Gasteiger partial charge in [0.05, 0.1) is 12.7 Å². The molecule has 15 heavy (non-hydrogen) atoms. The Hall–Kier alpha value is -0.770. The molecule has 1 aromatic rings. The van der Waals surface area contributed by atoms with E-state index in [0.717, 1.165) is 5.75 Å². The maximum absolute atomic E-state index is 5.74. The lowest BCUT2D eigenvalue weighted by atomic mass is 10.3. The van der Waals surface area contributed by atoms with Crippen LogP contribution in [-0.2, 0) is 4.74 Å². The van der Waals surface area contributed by atoms with Crippen molar-refractivity contribution in [2.45, 2.75) is 13.0 Å². The molecule has 1 aromatic carbocycles. The number of benzene rings is 1. The molecule has 1 atom stereocenters. The maximum Gasteiger partial charge on any atom is 0.119 e. The molecule has 0 spiro atoms. The van der Waals surface area contributed by atoms with Gasteiger partial charge in [0.15, 0.2) is 0 Å². The lowest BCUT2D eigenvalue weighted by Crippen LogP contribution is -2.22. The molecule has 0 aliphatic rings. The number of hydrogen-bond acceptors (Lipinski definition) is 3. The van der Waals surface area contributed by atoms with Gasteiger partial charge in [-0.05, 0) is 31.2 Å². The minimum Gasteiger partial charge on any atom is -0.491 e. The summed E-state index contributed by atoms with van der Waals surface area (Å²) in [5, 5.41) is 0.704. The van der Waals surface area contributed by atoms with Gasteiger partial charge < -0.3 is 15.2 Å². The van der Waals surface area contributed by atoms with E-state index in [2.05, 4.69) is 0 Å². The zero-order valence-corrected chi connectivity index (χ0v) is 9.54. The van der Waals surface area contributed by atoms with E-state index in [0.29, 0.717) is 24.8 Å². The lowest BCUT2D eigenvalue weighted by Gasteiger charge is -2.11. The summed E-state index contributed by atoms with van der Waals surface area (Å²) in [6.07, 6.45) is 0.0822. The van der Waals surface area contributed by atoms with Crippen molar-refractivity contribution >= 4 is 11.6 Å². The van der Waals surface area contributed by atoms with E-state index in [1.165, 1.54) is 0 Å². The summed E-state index contributed by atoms with van der Waals surface area (Å²) in [5.74, 6) is 0.795. The molecule has 0 aromatic heterocycles. The summed E-state index contributed by atoms with van der Waals surface area (Å²) in [5.41, 5.74) is 5.40. The Bertz CT molecular complexity index is 276. The molecule has 84 valence electrons. The van der Waals surface area contributed by atoms with E-state index in [1.807, 2.05) is 19.1 Å². The van der Waals surface area contributed by atoms with Crippen LogP contribution in [0.5, 0.6) is 5.75 Å². The molecule has 0 heterocycles. The third-order valence-corrected chi connectivity index (χ3v) is 2.15. The van der Waals surface area contributed by atoms with E-state index in [1.54, 1.807) is 12.1 Å². The quantitative estimate of drug-likeness (QED) is 0.760. The summed E-state index contributed by atoms with van der Waals surface area (Å²) in [7, 11) is 0. The van der Waals surface area contributed by atoms with Crippen LogP contribution in [0.4, 0.5) is 0 Å². The van der Waals surface area contributed by atoms with Crippen molar-refractivity contribution < 1.29 is 9.47 Å². The van der Waals surface area contributed by atoms with Crippen LogP contribution < -0.4 is 10.5 Å². The first kappa shape index (κ1) is 12.3. The van der Waals surface area contributed by atoms with Crippen molar-refractivity contribution in [2.75, 3.05) is 19.8 Å². The van der Waals surface area contributed by atoms with E-state index in [4.69, 9.17) is 26.8 Å². The number of halogens is 1. The highest BCUT2D eigenvalue weighted by molar-refractivity contribution is 6.30. The second kappa shape index (κ2) is 6.67. The van der Waals surface area contributed by atoms with Gasteiger partial charge in [-0.2, -0.15) is 0 Å². The summed E-state index contributed by atoms with van der Waals surface area (Å²) < 4.78 is 10.8. The summed E-state index contributed by atoms with van der Waals surface area (Å²) >= 11 is 5.74. The van der Waals surface area contributed by atoms with Crippen molar-refractivity contribution in [3.8, 4) is 5.75 Å². The van der Waals surface area contributed by atoms with Gasteiger partial charge in [0.1, 0.15) is 12.4 Å². The van der Waals surface area contributed by atoms with Crippen LogP contribution in [0.3, 0.4) is 0 Å². The van der Waals surface area contributed by atoms with E-state index in [9.17, 15) is 0 Å². The zero-order chi connectivity index (χ0) is 11.1. The first-order valence-corrected chi connectivity index (χ1v) is 5.30. The minimum absolute atomic E-state index is 0.0822. The Kier molecular flexibility index (Phi) is 5.47. The topological polar surface area (TPSA) is 44.5 Å². The van der Waals surface area contributed by atoms with Crippen LogP contribution in [0.1, 0.15) is 6.92 Å². The lowest BCUT2D eigenvalue weighted by molar-refractivity contribution is 0.0496. The number of nitrogens with two attached hydrogens (primary N) is 1. The number of rotatable bonds is 6. The molecule has 1 unspecified atom stereocenters. The van der Waals surface area contributed by atoms with Crippen molar-refractivity contribution in [2.24, 2.45) is 5.73 Å². The predicted molar refractivity (Wildman–Crippen MR) is 61.4 cm³/mol. The Labute approximate surface area is 95.1 Å². The van der Waals surface area contributed by atoms with Crippen molar-refractivity contribution in [1.29, 1.82) is 0 Å². The highest BCUT2D eigenvalue weighted by Crippen LogP contribution is 2.15. The molecular weight excluding hydrogens is 214 g/mol. The second-order valence-electron chi connectivity index (χ2n) is 3.22. The first-order chi connectivity index (χ1) is 7.22. The molecule has 0 radical (unpaired) electrons. The summed E-state index contributed by atoms with van der Waals surface area (Å²) in [6, 6.07) is 7.24. The SMILES string of the molecule is CC(CN)OCCOc1ccc(Cl)cc1. The average molecular weight is 230 g/mol. The van der Waals surface area contributed by atoms with Gasteiger partial charge in [-0.3, -0.25) is 0 Å². The molecule has 0 saturated heterocycles. The molecular formula is C11H16ClNO2. The third kappa shape index (κ3) is 5.02. The third-order valence-electron chi connectivity index (χ3n) is 1.90. The molecule has 0 saturated carbocycles. The average Bonchev–Trinajstić information content (AvgIpc) is 2.26. The molecule has 0 bridgehead atoms. The van der Waals surface area contributed by atoms with Gasteiger partial charge in [0.2, 0.25) is 0 Å². The molecule has 0 aliphatic heterocycles. The number of ether oxygens (including phenoxy) is 2. The second-order valence-corrected chi connectivity index (χ2v) is 3.66. The Balaban J connectivity index is 2.17. The fourth-order valence-electron chi connectivity index (χ4n) is 1.01. The normalized spacial score (nSPS) is 12.5. The zero-order valence-electron chi connectivity index (χ0n) is 8.78. The van der Waals surface area contributed by atoms with Crippen LogP contribution in [0.25, 0.3) is 0 Å². The van der Waals surface area contributed by atoms with Gasteiger partial charge in [-0.25, -0.2) is 0 Å². The van der Waals surface area contributed by atoms with Gasteiger partial charge in [0.25, 0.3) is 0 Å². The molecule has 2 N–H and O–H groups in total. The van der Waals surface area contributed by atoms with Gasteiger partial charge in [0, 0.05) is 11.6 Å². The van der Waals surface area contributed by atoms with E-state index < -0.39 is 0 Å². The Morgan fingerprint density at radius 3 is 2.53 bits per heavy atom. The predicted octanol–water partition coefficient (Wildman–Crippen LogP) is 2.08. The van der Waals surface area contributed by atoms with E-state index >= 15 is 0 Å². The van der Waals surface area contributed by atoms with Crippen molar-refractivity contribution in [3.05, 3.63) is 29.3 Å². The highest BCUT2D eigenvalue weighted by Gasteiger charge is 1.98. The van der Waals surface area contributed by atoms with Crippen molar-refractivity contribution in [3.63, 3.8) is 0 Å². The van der Waals surface area contributed by atoms with Crippen LogP contribution in [0, 0.1) is 0 Å². The van der Waals surface area contributed by atoms with Crippen LogP contribution in [0.15, 0.2) is 24.3 Å². The van der Waals surface area contributed by atoms with Gasteiger partial charge in [-0.1, -0.05) is 11.6 Å². The van der Waals surface area contributed by atoms with Crippen molar-refractivity contribution in [1.82, 2.24) is 0 Å². The fourth-order valence-corrected chi connectivity index (χ4v) is 1.13. The van der Waals surface area contributed by atoms with Crippen LogP contribution in [0.2, 0.25) is 5.02 Å². The minimum atomic E-state index is 0.0822. The van der Waals surface area contributed by atoms with Crippen LogP contribution >= 0.6 is 11.6 Å². The maximum atomic E-state index is 5.74.